The first-order valence-corrected chi connectivity index (χ1v) is 5.31. The quantitative estimate of drug-likeness (QED) is 0.794. The third-order valence-electron chi connectivity index (χ3n) is 1.37. The van der Waals surface area contributed by atoms with E-state index in [1.807, 2.05) is 36.4 Å². The van der Waals surface area contributed by atoms with Crippen LogP contribution < -0.4 is 0 Å². The zero-order chi connectivity index (χ0) is 12.4. The highest BCUT2D eigenvalue weighted by Gasteiger charge is 1.68. The van der Waals surface area contributed by atoms with Crippen LogP contribution in [0.4, 0.5) is 0 Å². The van der Waals surface area contributed by atoms with Crippen LogP contribution in [0.2, 0.25) is 0 Å². The first kappa shape index (κ1) is 19.7. The summed E-state index contributed by atoms with van der Waals surface area (Å²) >= 11 is 0. The molecule has 0 heterocycles. The van der Waals surface area contributed by atoms with Gasteiger partial charge >= 0.3 is 0 Å². The zero-order valence-corrected chi connectivity index (χ0v) is 10.5. The number of rotatable bonds is 2. The number of unbranched alkanes of at least 4 members (excludes halogenated alkanes) is 2. The minimum absolute atomic E-state index is 1.00. The fraction of sp³-hybridized carbons (Fsp3) is 0.538. The van der Waals surface area contributed by atoms with Gasteiger partial charge in [-0.3, -0.25) is 0 Å². The van der Waals surface area contributed by atoms with Gasteiger partial charge in [0, 0.05) is 14.2 Å². The molecule has 0 radical (unpaired) electrons. The van der Waals surface area contributed by atoms with Crippen LogP contribution in [-0.2, 0) is 0 Å². The summed E-state index contributed by atoms with van der Waals surface area (Å²) in [5, 5.41) is 14.0. The third-order valence-corrected chi connectivity index (χ3v) is 1.37. The fourth-order valence-corrected chi connectivity index (χ4v) is 0.738. The molecule has 0 aromatic heterocycles. The SMILES string of the molecule is CCCCC.CO.CO.c1ccccc1. The summed E-state index contributed by atoms with van der Waals surface area (Å²) in [7, 11) is 2.00. The van der Waals surface area contributed by atoms with Crippen molar-refractivity contribution in [2.24, 2.45) is 0 Å². The molecule has 0 atom stereocenters. The van der Waals surface area contributed by atoms with Crippen LogP contribution in [0.1, 0.15) is 33.1 Å². The maximum atomic E-state index is 7.00. The molecular weight excluding hydrogens is 188 g/mol. The van der Waals surface area contributed by atoms with Crippen molar-refractivity contribution in [2.45, 2.75) is 33.1 Å². The molecule has 2 N–H and O–H groups in total. The first-order chi connectivity index (χ1) is 7.41. The Labute approximate surface area is 94.6 Å². The molecule has 0 amide bonds. The summed E-state index contributed by atoms with van der Waals surface area (Å²) < 4.78 is 0. The van der Waals surface area contributed by atoms with Gasteiger partial charge in [-0.25, -0.2) is 0 Å². The molecule has 1 aromatic rings. The molecule has 0 aliphatic carbocycles. The standard InChI is InChI=1S/C6H6.C5H12.2CH4O/c1-2-4-6-5-3-1;1-3-5-4-2;2*1-2/h1-6H;3-5H2,1-2H3;2*2H,1H3. The highest BCUT2D eigenvalue weighted by Crippen LogP contribution is 1.88. The molecular formula is C13H26O2. The van der Waals surface area contributed by atoms with Gasteiger partial charge < -0.3 is 10.2 Å². The Morgan fingerprint density at radius 2 is 0.800 bits per heavy atom. The van der Waals surface area contributed by atoms with Crippen molar-refractivity contribution in [3.8, 4) is 0 Å². The normalized spacial score (nSPS) is 6.80. The highest BCUT2D eigenvalue weighted by atomic mass is 16.2. The van der Waals surface area contributed by atoms with Gasteiger partial charge in [-0.2, -0.15) is 0 Å². The average Bonchev–Trinajstić information content (AvgIpc) is 2.38. The summed E-state index contributed by atoms with van der Waals surface area (Å²) in [6, 6.07) is 12.0. The largest absolute Gasteiger partial charge is 0.400 e. The summed E-state index contributed by atoms with van der Waals surface area (Å²) in [5.74, 6) is 0. The lowest BCUT2D eigenvalue weighted by molar-refractivity contribution is 0.399. The number of aliphatic hydroxyl groups is 2. The maximum absolute atomic E-state index is 7.00. The van der Waals surface area contributed by atoms with E-state index in [9.17, 15) is 0 Å². The third kappa shape index (κ3) is 32.0. The van der Waals surface area contributed by atoms with Crippen molar-refractivity contribution >= 4 is 0 Å². The molecule has 15 heavy (non-hydrogen) atoms. The lowest BCUT2D eigenvalue weighted by Gasteiger charge is -1.79. The molecule has 90 valence electrons. The Morgan fingerprint density at radius 3 is 0.867 bits per heavy atom. The minimum atomic E-state index is 1.00. The molecule has 0 saturated heterocycles. The smallest absolute Gasteiger partial charge is 0.0319 e. The van der Waals surface area contributed by atoms with Gasteiger partial charge in [0.25, 0.3) is 0 Å². The van der Waals surface area contributed by atoms with E-state index in [1.54, 1.807) is 0 Å². The summed E-state index contributed by atoms with van der Waals surface area (Å²) in [5.41, 5.74) is 0. The van der Waals surface area contributed by atoms with E-state index < -0.39 is 0 Å². The minimum Gasteiger partial charge on any atom is -0.400 e. The average molecular weight is 214 g/mol. The van der Waals surface area contributed by atoms with Gasteiger partial charge in [0.15, 0.2) is 0 Å². The number of hydrogen-bond donors (Lipinski definition) is 2. The Kier molecular flexibility index (Phi) is 38.3. The first-order valence-electron chi connectivity index (χ1n) is 5.31. The Balaban J connectivity index is -0.000000146. The van der Waals surface area contributed by atoms with Crippen LogP contribution >= 0.6 is 0 Å². The van der Waals surface area contributed by atoms with E-state index in [4.69, 9.17) is 10.2 Å². The van der Waals surface area contributed by atoms with Crippen LogP contribution in [-0.4, -0.2) is 24.4 Å². The van der Waals surface area contributed by atoms with E-state index in [-0.39, 0.29) is 0 Å². The van der Waals surface area contributed by atoms with E-state index in [0.717, 1.165) is 14.2 Å². The Morgan fingerprint density at radius 1 is 0.600 bits per heavy atom. The molecule has 0 aliphatic rings. The predicted octanol–water partition coefficient (Wildman–Crippen LogP) is 3.10. The topological polar surface area (TPSA) is 40.5 Å². The molecule has 0 saturated carbocycles. The molecule has 2 heteroatoms. The van der Waals surface area contributed by atoms with Gasteiger partial charge in [0.2, 0.25) is 0 Å². The van der Waals surface area contributed by atoms with Crippen molar-refractivity contribution in [3.05, 3.63) is 36.4 Å². The maximum Gasteiger partial charge on any atom is 0.0319 e. The van der Waals surface area contributed by atoms with Crippen molar-refractivity contribution in [1.82, 2.24) is 0 Å². The van der Waals surface area contributed by atoms with Gasteiger partial charge in [0.1, 0.15) is 0 Å². The lowest BCUT2D eigenvalue weighted by atomic mass is 10.3. The van der Waals surface area contributed by atoms with Crippen LogP contribution in [0.25, 0.3) is 0 Å². The van der Waals surface area contributed by atoms with Gasteiger partial charge in [-0.1, -0.05) is 69.5 Å². The van der Waals surface area contributed by atoms with E-state index in [2.05, 4.69) is 13.8 Å². The molecule has 1 rings (SSSR count). The molecule has 2 nitrogen and oxygen atoms in total. The molecule has 0 aliphatic heterocycles. The van der Waals surface area contributed by atoms with Crippen molar-refractivity contribution in [3.63, 3.8) is 0 Å². The van der Waals surface area contributed by atoms with Crippen molar-refractivity contribution in [2.75, 3.05) is 14.2 Å². The van der Waals surface area contributed by atoms with Crippen LogP contribution in [0.15, 0.2) is 36.4 Å². The number of aliphatic hydroxyl groups excluding tert-OH is 2. The van der Waals surface area contributed by atoms with Crippen LogP contribution in [0, 0.1) is 0 Å². The summed E-state index contributed by atoms with van der Waals surface area (Å²) in [4.78, 5) is 0. The Hall–Kier alpha value is -0.860. The van der Waals surface area contributed by atoms with E-state index in [1.165, 1.54) is 19.3 Å². The molecule has 0 bridgehead atoms. The second-order valence-electron chi connectivity index (χ2n) is 2.51. The summed E-state index contributed by atoms with van der Waals surface area (Å²) in [6.45, 7) is 4.42. The van der Waals surface area contributed by atoms with Gasteiger partial charge in [0.05, 0.1) is 0 Å². The van der Waals surface area contributed by atoms with Gasteiger partial charge in [-0.05, 0) is 0 Å². The lowest BCUT2D eigenvalue weighted by Crippen LogP contribution is -1.59. The van der Waals surface area contributed by atoms with Gasteiger partial charge in [-0.15, -0.1) is 0 Å². The van der Waals surface area contributed by atoms with Crippen LogP contribution in [0.5, 0.6) is 0 Å². The number of hydrogen-bond acceptors (Lipinski definition) is 2. The molecule has 0 spiro atoms. The van der Waals surface area contributed by atoms with Crippen molar-refractivity contribution < 1.29 is 10.2 Å². The van der Waals surface area contributed by atoms with Crippen molar-refractivity contribution in [1.29, 1.82) is 0 Å². The summed E-state index contributed by atoms with van der Waals surface area (Å²) in [6.07, 6.45) is 4.08. The molecule has 0 unspecified atom stereocenters. The predicted molar refractivity (Wildman–Crippen MR) is 67.9 cm³/mol. The van der Waals surface area contributed by atoms with E-state index >= 15 is 0 Å². The highest BCUT2D eigenvalue weighted by molar-refractivity contribution is 4.99. The Bertz CT molecular complexity index is 112. The molecule has 1 aromatic carbocycles. The second kappa shape index (κ2) is 29.2. The monoisotopic (exact) mass is 214 g/mol. The zero-order valence-electron chi connectivity index (χ0n) is 10.5. The number of benzene rings is 1. The van der Waals surface area contributed by atoms with E-state index in [0.29, 0.717) is 0 Å². The molecule has 0 fully saturated rings. The van der Waals surface area contributed by atoms with Crippen LogP contribution in [0.3, 0.4) is 0 Å². The second-order valence-corrected chi connectivity index (χ2v) is 2.51. The fourth-order valence-electron chi connectivity index (χ4n) is 0.738.